The average Bonchev–Trinajstić information content (AvgIpc) is 3.93. The Labute approximate surface area is 402 Å². The number of rotatable bonds is 7. The fourth-order valence-electron chi connectivity index (χ4n) is 11.9. The van der Waals surface area contributed by atoms with Crippen molar-refractivity contribution in [3.05, 3.63) is 289 Å². The normalized spacial score (nSPS) is 14.1. The second kappa shape index (κ2) is 15.6. The first-order valence-electron chi connectivity index (χ1n) is 23.9. The van der Waals surface area contributed by atoms with E-state index in [0.29, 0.717) is 0 Å². The van der Waals surface area contributed by atoms with E-state index in [9.17, 15) is 0 Å². The van der Waals surface area contributed by atoms with Crippen molar-refractivity contribution < 1.29 is 0 Å². The number of hydrogen-bond acceptors (Lipinski definition) is 1. The van der Waals surface area contributed by atoms with E-state index in [1.54, 1.807) is 0 Å². The monoisotopic (exact) mass is 876 g/mol. The zero-order valence-corrected chi connectivity index (χ0v) is 37.8. The van der Waals surface area contributed by atoms with Crippen molar-refractivity contribution in [1.82, 2.24) is 4.57 Å². The van der Waals surface area contributed by atoms with Gasteiger partial charge in [-0.2, -0.15) is 0 Å². The van der Waals surface area contributed by atoms with Gasteiger partial charge in [-0.25, -0.2) is 0 Å². The molecule has 69 heavy (non-hydrogen) atoms. The van der Waals surface area contributed by atoms with Crippen LogP contribution in [0.1, 0.15) is 22.3 Å². The summed E-state index contributed by atoms with van der Waals surface area (Å²) in [5.41, 5.74) is 23.7. The van der Waals surface area contributed by atoms with Gasteiger partial charge in [0.1, 0.15) is 0 Å². The lowest BCUT2D eigenvalue weighted by molar-refractivity contribution is 0.748. The van der Waals surface area contributed by atoms with E-state index in [1.165, 1.54) is 94.3 Å². The van der Waals surface area contributed by atoms with Crippen LogP contribution in [-0.2, 0) is 5.41 Å². The highest BCUT2D eigenvalue weighted by Gasteiger charge is 2.51. The summed E-state index contributed by atoms with van der Waals surface area (Å²) in [6, 6.07) is 98.6. The summed E-state index contributed by atoms with van der Waals surface area (Å²) in [6.45, 7) is 0. The molecule has 0 fully saturated rings. The predicted octanol–water partition coefficient (Wildman–Crippen LogP) is 17.6. The summed E-state index contributed by atoms with van der Waals surface area (Å²) in [5, 5.41) is 2.57. The second-order valence-electron chi connectivity index (χ2n) is 18.4. The molecular formula is C67H44N2. The molecule has 2 heteroatoms. The fraction of sp³-hybridized carbons (Fsp3) is 0.0149. The molecule has 1 aliphatic heterocycles. The van der Waals surface area contributed by atoms with E-state index in [-0.39, 0.29) is 0 Å². The van der Waals surface area contributed by atoms with Crippen LogP contribution in [0.15, 0.2) is 267 Å². The van der Waals surface area contributed by atoms with Crippen LogP contribution in [-0.4, -0.2) is 4.57 Å². The molecule has 2 nitrogen and oxygen atoms in total. The summed E-state index contributed by atoms with van der Waals surface area (Å²) in [6.07, 6.45) is 0. The highest BCUT2D eigenvalue weighted by Crippen LogP contribution is 2.62. The maximum Gasteiger partial charge on any atom is 0.0754 e. The van der Waals surface area contributed by atoms with Crippen molar-refractivity contribution in [2.75, 3.05) is 4.90 Å². The Balaban J connectivity index is 1.01. The number of nitrogens with zero attached hydrogens (tertiary/aromatic N) is 2. The standard InChI is InChI=1S/C67H44N2/c1-4-20-45(21-5-1)48-26-16-28-52(41-48)68(54-43-50(46-22-6-2-7-23-46)40-51(44-54)47-24-8-3-9-25-47)53-29-17-27-49(42-53)55-32-18-36-61-65(55)58-31-10-12-34-59(58)67(61)60-35-13-15-39-64(60)69-63-38-14-11-30-56(63)57-33-19-37-62(67)66(57)69/h1-44H. The Morgan fingerprint density at radius 1 is 0.290 bits per heavy atom. The zero-order chi connectivity index (χ0) is 45.5. The third kappa shape index (κ3) is 5.92. The molecule has 1 unspecified atom stereocenters. The summed E-state index contributed by atoms with van der Waals surface area (Å²) < 4.78 is 2.52. The smallest absolute Gasteiger partial charge is 0.0754 e. The summed E-state index contributed by atoms with van der Waals surface area (Å²) >= 11 is 0. The van der Waals surface area contributed by atoms with Crippen LogP contribution < -0.4 is 4.90 Å². The molecule has 1 atom stereocenters. The molecule has 0 amide bonds. The molecule has 0 saturated heterocycles. The zero-order valence-electron chi connectivity index (χ0n) is 37.8. The van der Waals surface area contributed by atoms with Gasteiger partial charge in [-0.1, -0.05) is 212 Å². The van der Waals surface area contributed by atoms with Gasteiger partial charge in [-0.3, -0.25) is 0 Å². The number of fused-ring (bicyclic) bond motifs is 12. The minimum atomic E-state index is -0.532. The molecule has 0 N–H and O–H groups in total. The van der Waals surface area contributed by atoms with E-state index in [4.69, 9.17) is 0 Å². The van der Waals surface area contributed by atoms with Crippen LogP contribution in [0.2, 0.25) is 0 Å². The first kappa shape index (κ1) is 39.2. The minimum Gasteiger partial charge on any atom is -0.310 e. The number of anilines is 3. The first-order chi connectivity index (χ1) is 34.2. The molecule has 1 aliphatic carbocycles. The Bertz CT molecular complexity index is 3900. The van der Waals surface area contributed by atoms with E-state index in [0.717, 1.165) is 28.2 Å². The lowest BCUT2D eigenvalue weighted by Gasteiger charge is -2.39. The molecule has 12 aromatic rings. The van der Waals surface area contributed by atoms with Crippen LogP contribution in [0.5, 0.6) is 0 Å². The first-order valence-corrected chi connectivity index (χ1v) is 23.9. The summed E-state index contributed by atoms with van der Waals surface area (Å²) in [5.74, 6) is 0. The molecule has 322 valence electrons. The van der Waals surface area contributed by atoms with Gasteiger partial charge in [0.25, 0.3) is 0 Å². The highest BCUT2D eigenvalue weighted by molar-refractivity contribution is 6.13. The molecule has 2 heterocycles. The van der Waals surface area contributed by atoms with E-state index < -0.39 is 5.41 Å². The number of para-hydroxylation sites is 3. The number of hydrogen-bond donors (Lipinski definition) is 0. The molecule has 1 aromatic heterocycles. The molecule has 0 saturated carbocycles. The predicted molar refractivity (Wildman–Crippen MR) is 288 cm³/mol. The topological polar surface area (TPSA) is 8.17 Å². The van der Waals surface area contributed by atoms with Gasteiger partial charge < -0.3 is 9.47 Å². The Morgan fingerprint density at radius 2 is 0.768 bits per heavy atom. The van der Waals surface area contributed by atoms with Gasteiger partial charge in [-0.15, -0.1) is 0 Å². The van der Waals surface area contributed by atoms with Crippen LogP contribution in [0.4, 0.5) is 17.1 Å². The van der Waals surface area contributed by atoms with E-state index in [1.807, 2.05) is 0 Å². The number of aromatic nitrogens is 1. The number of benzene rings is 11. The quantitative estimate of drug-likeness (QED) is 0.155. The van der Waals surface area contributed by atoms with Crippen molar-refractivity contribution in [3.63, 3.8) is 0 Å². The van der Waals surface area contributed by atoms with Crippen molar-refractivity contribution in [2.24, 2.45) is 0 Å². The molecule has 11 aromatic carbocycles. The molecule has 2 aliphatic rings. The van der Waals surface area contributed by atoms with Crippen LogP contribution >= 0.6 is 0 Å². The van der Waals surface area contributed by atoms with Crippen molar-refractivity contribution >= 4 is 38.9 Å². The van der Waals surface area contributed by atoms with Gasteiger partial charge in [-0.05, 0) is 132 Å². The Morgan fingerprint density at radius 3 is 1.49 bits per heavy atom. The third-order valence-corrected chi connectivity index (χ3v) is 14.7. The Hall–Kier alpha value is -8.98. The Kier molecular flexibility index (Phi) is 8.84. The largest absolute Gasteiger partial charge is 0.310 e. The van der Waals surface area contributed by atoms with Crippen molar-refractivity contribution in [2.45, 2.75) is 5.41 Å². The highest BCUT2D eigenvalue weighted by atomic mass is 15.1. The SMILES string of the molecule is c1ccc(-c2cccc(N(c3cc(-c4ccccc4)cc(-c4ccccc4)c3)c3cccc(-c4cccc5c4-c4ccccc4C54c5ccccc5-n5c6ccccc6c6cccc4c65)c3)c2)cc1. The minimum absolute atomic E-state index is 0.532. The van der Waals surface area contributed by atoms with Crippen LogP contribution in [0.3, 0.4) is 0 Å². The van der Waals surface area contributed by atoms with Crippen molar-refractivity contribution in [1.29, 1.82) is 0 Å². The molecule has 0 radical (unpaired) electrons. The van der Waals surface area contributed by atoms with Crippen molar-refractivity contribution in [3.8, 4) is 61.3 Å². The molecular weight excluding hydrogens is 833 g/mol. The fourth-order valence-corrected chi connectivity index (χ4v) is 11.9. The maximum atomic E-state index is 2.52. The lowest BCUT2D eigenvalue weighted by atomic mass is 9.65. The van der Waals surface area contributed by atoms with E-state index >= 15 is 0 Å². The summed E-state index contributed by atoms with van der Waals surface area (Å²) in [4.78, 5) is 2.45. The van der Waals surface area contributed by atoms with Gasteiger partial charge >= 0.3 is 0 Å². The third-order valence-electron chi connectivity index (χ3n) is 14.7. The van der Waals surface area contributed by atoms with Gasteiger partial charge in [0.2, 0.25) is 0 Å². The van der Waals surface area contributed by atoms with E-state index in [2.05, 4.69) is 276 Å². The second-order valence-corrected chi connectivity index (χ2v) is 18.4. The molecule has 14 rings (SSSR count). The van der Waals surface area contributed by atoms with Crippen LogP contribution in [0.25, 0.3) is 83.1 Å². The van der Waals surface area contributed by atoms with Gasteiger partial charge in [0.05, 0.1) is 22.1 Å². The lowest BCUT2D eigenvalue weighted by Crippen LogP contribution is -2.33. The molecule has 0 bridgehead atoms. The average molecular weight is 877 g/mol. The summed E-state index contributed by atoms with van der Waals surface area (Å²) in [7, 11) is 0. The van der Waals surface area contributed by atoms with Crippen LogP contribution in [0, 0.1) is 0 Å². The maximum absolute atomic E-state index is 2.52. The van der Waals surface area contributed by atoms with Gasteiger partial charge in [0, 0.05) is 27.8 Å². The molecule has 1 spiro atoms. The van der Waals surface area contributed by atoms with Gasteiger partial charge in [0.15, 0.2) is 0 Å².